The van der Waals surface area contributed by atoms with Gasteiger partial charge in [0.05, 0.1) is 12.0 Å². The second-order valence-corrected chi connectivity index (χ2v) is 6.49. The third-order valence-corrected chi connectivity index (χ3v) is 3.15. The largest absolute Gasteiger partial charge is 0.477 e. The fourth-order valence-electron chi connectivity index (χ4n) is 1.99. The molecule has 5 heteroatoms. The summed E-state index contributed by atoms with van der Waals surface area (Å²) in [6, 6.07) is 0. The summed E-state index contributed by atoms with van der Waals surface area (Å²) in [4.78, 5) is 23.0. The topological polar surface area (TPSA) is 67.9 Å². The third kappa shape index (κ3) is 4.16. The summed E-state index contributed by atoms with van der Waals surface area (Å²) >= 11 is 0. The number of fused-ring (bicyclic) bond motifs is 1. The number of H-pyrrole nitrogens is 1. The molecule has 0 radical (unpaired) electrons. The predicted octanol–water partition coefficient (Wildman–Crippen LogP) is 3.46. The molecule has 0 aromatic carbocycles. The van der Waals surface area contributed by atoms with Crippen LogP contribution in [0.4, 0.5) is 0 Å². The van der Waals surface area contributed by atoms with Crippen LogP contribution >= 0.6 is 0 Å². The Kier molecular flexibility index (Phi) is 4.96. The van der Waals surface area contributed by atoms with E-state index in [1.165, 1.54) is 6.33 Å². The van der Waals surface area contributed by atoms with E-state index in [0.29, 0.717) is 25.3 Å². The molecule has 5 nitrogen and oxygen atoms in total. The van der Waals surface area contributed by atoms with Crippen molar-refractivity contribution in [1.82, 2.24) is 15.0 Å². The molecule has 22 heavy (non-hydrogen) atoms. The number of nitrogens with one attached hydrogen (secondary N) is 1. The number of carbonyl (C=O) groups is 1. The number of aromatic nitrogens is 3. The second kappa shape index (κ2) is 6.73. The van der Waals surface area contributed by atoms with Gasteiger partial charge in [0.25, 0.3) is 0 Å². The lowest BCUT2D eigenvalue weighted by atomic mass is 9.99. The average Bonchev–Trinajstić information content (AvgIpc) is 2.88. The Labute approximate surface area is 130 Å². The molecule has 0 saturated heterocycles. The summed E-state index contributed by atoms with van der Waals surface area (Å²) < 4.78 is 5.87. The Balaban J connectivity index is 2.24. The van der Waals surface area contributed by atoms with Crippen LogP contribution in [0.5, 0.6) is 5.88 Å². The van der Waals surface area contributed by atoms with Gasteiger partial charge in [-0.05, 0) is 23.5 Å². The maximum Gasteiger partial charge on any atom is 0.226 e. The van der Waals surface area contributed by atoms with E-state index in [9.17, 15) is 4.79 Å². The Morgan fingerprint density at radius 3 is 2.82 bits per heavy atom. The first-order valence-corrected chi connectivity index (χ1v) is 7.54. The van der Waals surface area contributed by atoms with E-state index in [4.69, 9.17) is 4.74 Å². The normalized spacial score (nSPS) is 12.2. The second-order valence-electron chi connectivity index (χ2n) is 6.49. The number of carbonyl (C=O) groups excluding carboxylic acids is 1. The van der Waals surface area contributed by atoms with Crippen molar-refractivity contribution >= 4 is 16.8 Å². The molecule has 0 spiro atoms. The van der Waals surface area contributed by atoms with Crippen molar-refractivity contribution in [2.24, 2.45) is 5.41 Å². The number of nitrogens with zero attached hydrogens (tertiary/aromatic N) is 2. The van der Waals surface area contributed by atoms with Crippen molar-refractivity contribution in [3.63, 3.8) is 0 Å². The summed E-state index contributed by atoms with van der Waals surface area (Å²) in [5.74, 6) is 0.715. The van der Waals surface area contributed by atoms with E-state index in [1.54, 1.807) is 6.08 Å². The van der Waals surface area contributed by atoms with Gasteiger partial charge in [-0.1, -0.05) is 33.8 Å². The van der Waals surface area contributed by atoms with Crippen LogP contribution in [0.2, 0.25) is 0 Å². The maximum atomic E-state index is 11.3. The molecular weight excluding hydrogens is 278 g/mol. The van der Waals surface area contributed by atoms with Gasteiger partial charge >= 0.3 is 0 Å². The third-order valence-electron chi connectivity index (χ3n) is 3.15. The van der Waals surface area contributed by atoms with Crippen molar-refractivity contribution in [3.8, 4) is 5.88 Å². The molecule has 2 heterocycles. The molecule has 2 rings (SSSR count). The highest BCUT2D eigenvalue weighted by Gasteiger charge is 2.15. The van der Waals surface area contributed by atoms with E-state index in [-0.39, 0.29) is 11.2 Å². The van der Waals surface area contributed by atoms with Crippen LogP contribution in [-0.4, -0.2) is 27.3 Å². The first-order chi connectivity index (χ1) is 10.4. The van der Waals surface area contributed by atoms with Crippen LogP contribution in [0, 0.1) is 5.41 Å². The summed E-state index contributed by atoms with van der Waals surface area (Å²) in [7, 11) is 0. The zero-order valence-corrected chi connectivity index (χ0v) is 13.6. The number of hydrogen-bond acceptors (Lipinski definition) is 4. The molecule has 0 aliphatic heterocycles. The Hall–Kier alpha value is -2.17. The van der Waals surface area contributed by atoms with Gasteiger partial charge in [-0.25, -0.2) is 9.97 Å². The van der Waals surface area contributed by atoms with E-state index in [0.717, 1.165) is 16.6 Å². The number of hydrogen-bond donors (Lipinski definition) is 1. The molecule has 0 unspecified atom stereocenters. The summed E-state index contributed by atoms with van der Waals surface area (Å²) in [6.07, 6.45) is 8.05. The molecule has 118 valence electrons. The smallest absolute Gasteiger partial charge is 0.226 e. The predicted molar refractivity (Wildman–Crippen MR) is 87.0 cm³/mol. The fourth-order valence-corrected chi connectivity index (χ4v) is 1.99. The summed E-state index contributed by atoms with van der Waals surface area (Å²) in [6.45, 7) is 8.77. The van der Waals surface area contributed by atoms with Crippen LogP contribution in [0.25, 0.3) is 11.0 Å². The molecule has 0 fully saturated rings. The number of ketones is 1. The van der Waals surface area contributed by atoms with Gasteiger partial charge < -0.3 is 9.72 Å². The SMILES string of the molecule is CCC(=O)/C=C/Cc1c[nH]c2ncnc(OCC(C)(C)C)c12. The van der Waals surface area contributed by atoms with E-state index in [1.807, 2.05) is 19.2 Å². The van der Waals surface area contributed by atoms with Crippen molar-refractivity contribution in [2.45, 2.75) is 40.5 Å². The Bertz CT molecular complexity index is 681. The molecule has 0 aliphatic rings. The van der Waals surface area contributed by atoms with Crippen molar-refractivity contribution < 1.29 is 9.53 Å². The monoisotopic (exact) mass is 301 g/mol. The van der Waals surface area contributed by atoms with Crippen LogP contribution in [-0.2, 0) is 11.2 Å². The van der Waals surface area contributed by atoms with Crippen molar-refractivity contribution in [2.75, 3.05) is 6.61 Å². The van der Waals surface area contributed by atoms with Crippen LogP contribution in [0.3, 0.4) is 0 Å². The average molecular weight is 301 g/mol. The fraction of sp³-hybridized carbons (Fsp3) is 0.471. The van der Waals surface area contributed by atoms with Gasteiger partial charge in [-0.15, -0.1) is 0 Å². The minimum atomic E-state index is 0.0567. The van der Waals surface area contributed by atoms with Gasteiger partial charge in [0.1, 0.15) is 12.0 Å². The minimum absolute atomic E-state index is 0.0567. The minimum Gasteiger partial charge on any atom is -0.477 e. The summed E-state index contributed by atoms with van der Waals surface area (Å²) in [5.41, 5.74) is 1.84. The highest BCUT2D eigenvalue weighted by Crippen LogP contribution is 2.27. The number of allylic oxidation sites excluding steroid dienone is 2. The highest BCUT2D eigenvalue weighted by atomic mass is 16.5. The zero-order valence-electron chi connectivity index (χ0n) is 13.6. The van der Waals surface area contributed by atoms with Crippen LogP contribution < -0.4 is 4.74 Å². The Morgan fingerprint density at radius 1 is 1.36 bits per heavy atom. The van der Waals surface area contributed by atoms with Gasteiger partial charge in [0.15, 0.2) is 5.78 Å². The quantitative estimate of drug-likeness (QED) is 0.830. The van der Waals surface area contributed by atoms with E-state index < -0.39 is 0 Å². The first kappa shape index (κ1) is 16.2. The molecule has 0 atom stereocenters. The molecule has 0 amide bonds. The van der Waals surface area contributed by atoms with Gasteiger partial charge in [-0.3, -0.25) is 4.79 Å². The number of ether oxygens (including phenoxy) is 1. The first-order valence-electron chi connectivity index (χ1n) is 7.54. The van der Waals surface area contributed by atoms with Crippen molar-refractivity contribution in [3.05, 3.63) is 30.2 Å². The number of rotatable bonds is 6. The van der Waals surface area contributed by atoms with Crippen molar-refractivity contribution in [1.29, 1.82) is 0 Å². The van der Waals surface area contributed by atoms with E-state index in [2.05, 4.69) is 35.7 Å². The maximum absolute atomic E-state index is 11.3. The van der Waals surface area contributed by atoms with Crippen LogP contribution in [0.1, 0.15) is 39.7 Å². The number of aromatic amines is 1. The van der Waals surface area contributed by atoms with Gasteiger partial charge in [0, 0.05) is 12.6 Å². The van der Waals surface area contributed by atoms with Crippen LogP contribution in [0.15, 0.2) is 24.7 Å². The molecule has 0 bridgehead atoms. The molecule has 1 N–H and O–H groups in total. The molecular formula is C17H23N3O2. The molecule has 2 aromatic heterocycles. The van der Waals surface area contributed by atoms with E-state index >= 15 is 0 Å². The standard InChI is InChI=1S/C17H23N3O2/c1-5-13(21)8-6-7-12-9-18-15-14(12)16(20-11-19-15)22-10-17(2,3)4/h6,8-9,11H,5,7,10H2,1-4H3,(H,18,19,20)/b8-6+. The molecule has 2 aromatic rings. The van der Waals surface area contributed by atoms with Gasteiger partial charge in [0.2, 0.25) is 5.88 Å². The highest BCUT2D eigenvalue weighted by molar-refractivity contribution is 5.89. The lowest BCUT2D eigenvalue weighted by Gasteiger charge is -2.18. The summed E-state index contributed by atoms with van der Waals surface area (Å²) in [5, 5.41) is 0.889. The zero-order chi connectivity index (χ0) is 16.2. The Morgan fingerprint density at radius 2 is 2.14 bits per heavy atom. The van der Waals surface area contributed by atoms with Gasteiger partial charge in [-0.2, -0.15) is 0 Å². The molecule has 0 aliphatic carbocycles. The molecule has 0 saturated carbocycles. The lowest BCUT2D eigenvalue weighted by molar-refractivity contribution is -0.114. The lowest BCUT2D eigenvalue weighted by Crippen LogP contribution is -2.17.